The summed E-state index contributed by atoms with van der Waals surface area (Å²) in [6.07, 6.45) is 4.99. The van der Waals surface area contributed by atoms with E-state index in [0.717, 1.165) is 68.6 Å². The number of guanidine groups is 1. The van der Waals surface area contributed by atoms with Crippen LogP contribution in [0.5, 0.6) is 11.5 Å². The molecule has 2 fully saturated rings. The molecular formula is C22H34N4O3. The Morgan fingerprint density at radius 3 is 2.48 bits per heavy atom. The molecule has 1 heterocycles. The predicted octanol–water partition coefficient (Wildman–Crippen LogP) is 2.65. The molecule has 1 amide bonds. The van der Waals surface area contributed by atoms with Crippen molar-refractivity contribution in [3.63, 3.8) is 0 Å². The molecule has 29 heavy (non-hydrogen) atoms. The Bertz CT molecular complexity index is 708. The van der Waals surface area contributed by atoms with Crippen LogP contribution in [0.2, 0.25) is 0 Å². The van der Waals surface area contributed by atoms with E-state index in [1.54, 1.807) is 14.0 Å². The Hall–Kier alpha value is -2.44. The van der Waals surface area contributed by atoms with Gasteiger partial charge < -0.3 is 24.6 Å². The van der Waals surface area contributed by atoms with Crippen molar-refractivity contribution in [2.24, 2.45) is 4.99 Å². The van der Waals surface area contributed by atoms with E-state index < -0.39 is 0 Å². The predicted molar refractivity (Wildman–Crippen MR) is 115 cm³/mol. The van der Waals surface area contributed by atoms with E-state index in [-0.39, 0.29) is 12.0 Å². The van der Waals surface area contributed by atoms with Gasteiger partial charge in [0.2, 0.25) is 5.91 Å². The number of amides is 1. The molecule has 1 aliphatic carbocycles. The van der Waals surface area contributed by atoms with Crippen LogP contribution in [0.25, 0.3) is 0 Å². The zero-order valence-corrected chi connectivity index (χ0v) is 17.9. The number of carbonyl (C=O) groups is 1. The molecule has 1 aromatic rings. The Morgan fingerprint density at radius 1 is 1.17 bits per heavy atom. The largest absolute Gasteiger partial charge is 0.497 e. The van der Waals surface area contributed by atoms with Gasteiger partial charge >= 0.3 is 0 Å². The maximum absolute atomic E-state index is 11.6. The molecule has 2 aliphatic rings. The lowest BCUT2D eigenvalue weighted by molar-refractivity contribution is -0.130. The molecule has 0 aromatic heterocycles. The van der Waals surface area contributed by atoms with Crippen molar-refractivity contribution in [2.45, 2.75) is 52.2 Å². The van der Waals surface area contributed by atoms with Gasteiger partial charge in [-0.05, 0) is 44.7 Å². The number of hydrogen-bond donors (Lipinski definition) is 1. The molecule has 1 aliphatic heterocycles. The first-order chi connectivity index (χ1) is 14.1. The minimum atomic E-state index is 0.138. The fourth-order valence-electron chi connectivity index (χ4n) is 3.91. The molecule has 1 N–H and O–H groups in total. The van der Waals surface area contributed by atoms with Gasteiger partial charge in [-0.15, -0.1) is 0 Å². The molecule has 1 aromatic carbocycles. The van der Waals surface area contributed by atoms with Gasteiger partial charge in [0.1, 0.15) is 11.5 Å². The number of nitrogens with one attached hydrogen (secondary N) is 1. The number of methoxy groups -OCH3 is 1. The molecule has 0 spiro atoms. The third kappa shape index (κ3) is 5.78. The van der Waals surface area contributed by atoms with Crippen LogP contribution in [-0.4, -0.2) is 67.6 Å². The van der Waals surface area contributed by atoms with Crippen LogP contribution in [0, 0.1) is 0 Å². The summed E-state index contributed by atoms with van der Waals surface area (Å²) in [7, 11) is 1.68. The summed E-state index contributed by atoms with van der Waals surface area (Å²) in [5, 5.41) is 3.39. The molecular weight excluding hydrogens is 368 g/mol. The molecule has 1 saturated carbocycles. The third-order valence-electron chi connectivity index (χ3n) is 5.63. The maximum Gasteiger partial charge on any atom is 0.219 e. The molecule has 1 saturated heterocycles. The Balaban J connectivity index is 1.72. The normalized spacial score (nSPS) is 18.1. The second-order valence-electron chi connectivity index (χ2n) is 7.66. The van der Waals surface area contributed by atoms with Gasteiger partial charge in [-0.1, -0.05) is 0 Å². The van der Waals surface area contributed by atoms with Gasteiger partial charge in [0.25, 0.3) is 0 Å². The Kier molecular flexibility index (Phi) is 7.61. The van der Waals surface area contributed by atoms with E-state index in [1.807, 2.05) is 23.1 Å². The molecule has 3 rings (SSSR count). The number of benzene rings is 1. The first kappa shape index (κ1) is 21.3. The van der Waals surface area contributed by atoms with Crippen molar-refractivity contribution in [1.82, 2.24) is 15.1 Å². The van der Waals surface area contributed by atoms with Crippen molar-refractivity contribution >= 4 is 11.9 Å². The topological polar surface area (TPSA) is 66.4 Å². The van der Waals surface area contributed by atoms with Gasteiger partial charge in [0, 0.05) is 51.3 Å². The van der Waals surface area contributed by atoms with Crippen LogP contribution in [-0.2, 0) is 11.3 Å². The van der Waals surface area contributed by atoms with Gasteiger partial charge in [-0.2, -0.15) is 0 Å². The quantitative estimate of drug-likeness (QED) is 0.585. The average Bonchev–Trinajstić information content (AvgIpc) is 3.25. The number of nitrogens with zero attached hydrogens (tertiary/aromatic N) is 3. The highest BCUT2D eigenvalue weighted by Crippen LogP contribution is 2.30. The SMILES string of the molecule is CCNC(=NCc1ccc(OC)cc1OC1CCCC1)N1CCN(C(C)=O)CC1. The number of ether oxygens (including phenoxy) is 2. The van der Waals surface area contributed by atoms with Crippen molar-refractivity contribution in [2.75, 3.05) is 39.8 Å². The summed E-state index contributed by atoms with van der Waals surface area (Å²) in [5.74, 6) is 2.70. The second-order valence-corrected chi connectivity index (χ2v) is 7.66. The van der Waals surface area contributed by atoms with Crippen LogP contribution >= 0.6 is 0 Å². The number of aliphatic imine (C=N–C) groups is 1. The van der Waals surface area contributed by atoms with E-state index in [0.29, 0.717) is 6.54 Å². The van der Waals surface area contributed by atoms with Crippen LogP contribution in [0.1, 0.15) is 45.1 Å². The van der Waals surface area contributed by atoms with Gasteiger partial charge in [-0.25, -0.2) is 4.99 Å². The number of hydrogen-bond acceptors (Lipinski definition) is 4. The van der Waals surface area contributed by atoms with E-state index >= 15 is 0 Å². The maximum atomic E-state index is 11.6. The van der Waals surface area contributed by atoms with E-state index in [1.165, 1.54) is 12.8 Å². The molecule has 7 heteroatoms. The van der Waals surface area contributed by atoms with Crippen LogP contribution in [0.4, 0.5) is 0 Å². The summed E-state index contributed by atoms with van der Waals surface area (Å²) in [4.78, 5) is 20.6. The lowest BCUT2D eigenvalue weighted by Crippen LogP contribution is -2.53. The minimum absolute atomic E-state index is 0.138. The van der Waals surface area contributed by atoms with Gasteiger partial charge in [-0.3, -0.25) is 4.79 Å². The van der Waals surface area contributed by atoms with Crippen molar-refractivity contribution < 1.29 is 14.3 Å². The molecule has 0 unspecified atom stereocenters. The Morgan fingerprint density at radius 2 is 1.86 bits per heavy atom. The average molecular weight is 403 g/mol. The number of carbonyl (C=O) groups excluding carboxylic acids is 1. The van der Waals surface area contributed by atoms with Crippen LogP contribution in [0.15, 0.2) is 23.2 Å². The summed E-state index contributed by atoms with van der Waals surface area (Å²) in [6, 6.07) is 5.98. The summed E-state index contributed by atoms with van der Waals surface area (Å²) < 4.78 is 11.7. The molecule has 160 valence electrons. The van der Waals surface area contributed by atoms with Crippen molar-refractivity contribution in [3.05, 3.63) is 23.8 Å². The molecule has 0 atom stereocenters. The van der Waals surface area contributed by atoms with E-state index in [4.69, 9.17) is 14.5 Å². The lowest BCUT2D eigenvalue weighted by Gasteiger charge is -2.36. The summed E-state index contributed by atoms with van der Waals surface area (Å²) >= 11 is 0. The molecule has 7 nitrogen and oxygen atoms in total. The number of rotatable bonds is 6. The zero-order chi connectivity index (χ0) is 20.6. The van der Waals surface area contributed by atoms with Gasteiger partial charge in [0.15, 0.2) is 5.96 Å². The smallest absolute Gasteiger partial charge is 0.219 e. The molecule has 0 radical (unpaired) electrons. The van der Waals surface area contributed by atoms with E-state index in [9.17, 15) is 4.79 Å². The van der Waals surface area contributed by atoms with Crippen molar-refractivity contribution in [3.8, 4) is 11.5 Å². The standard InChI is InChI=1S/C22H34N4O3/c1-4-23-22(26-13-11-25(12-14-26)17(2)27)24-16-18-9-10-20(28-3)15-21(18)29-19-7-5-6-8-19/h9-10,15,19H,4-8,11-14,16H2,1-3H3,(H,23,24). The van der Waals surface area contributed by atoms with Crippen LogP contribution < -0.4 is 14.8 Å². The van der Waals surface area contributed by atoms with E-state index in [2.05, 4.69) is 17.1 Å². The third-order valence-corrected chi connectivity index (χ3v) is 5.63. The fraction of sp³-hybridized carbons (Fsp3) is 0.636. The lowest BCUT2D eigenvalue weighted by atomic mass is 10.2. The summed E-state index contributed by atoms with van der Waals surface area (Å²) in [5.41, 5.74) is 1.07. The second kappa shape index (κ2) is 10.4. The zero-order valence-electron chi connectivity index (χ0n) is 17.9. The molecule has 0 bridgehead atoms. The highest BCUT2D eigenvalue weighted by Gasteiger charge is 2.22. The number of piperazine rings is 1. The Labute approximate surface area is 174 Å². The monoisotopic (exact) mass is 402 g/mol. The van der Waals surface area contributed by atoms with Crippen molar-refractivity contribution in [1.29, 1.82) is 0 Å². The fourth-order valence-corrected chi connectivity index (χ4v) is 3.91. The summed E-state index contributed by atoms with van der Waals surface area (Å²) in [6.45, 7) is 8.10. The first-order valence-electron chi connectivity index (χ1n) is 10.7. The minimum Gasteiger partial charge on any atom is -0.497 e. The first-order valence-corrected chi connectivity index (χ1v) is 10.7. The van der Waals surface area contributed by atoms with Gasteiger partial charge in [0.05, 0.1) is 19.8 Å². The highest BCUT2D eigenvalue weighted by atomic mass is 16.5. The van der Waals surface area contributed by atoms with Crippen LogP contribution in [0.3, 0.4) is 0 Å². The highest BCUT2D eigenvalue weighted by molar-refractivity contribution is 5.80.